The number of nitrogens with two attached hydrogens (primary N) is 1. The Bertz CT molecular complexity index is 581. The lowest BCUT2D eigenvalue weighted by Gasteiger charge is -2.44. The van der Waals surface area contributed by atoms with Crippen molar-refractivity contribution in [2.24, 2.45) is 23.5 Å². The Morgan fingerprint density at radius 1 is 1.20 bits per heavy atom. The Labute approximate surface area is 180 Å². The van der Waals surface area contributed by atoms with Crippen molar-refractivity contribution >= 4 is 5.91 Å². The van der Waals surface area contributed by atoms with Crippen molar-refractivity contribution in [2.75, 3.05) is 46.5 Å². The molecule has 0 bridgehead atoms. The van der Waals surface area contributed by atoms with E-state index in [1.54, 1.807) is 7.11 Å². The summed E-state index contributed by atoms with van der Waals surface area (Å²) in [6, 6.07) is 1.42. The van der Waals surface area contributed by atoms with Gasteiger partial charge in [-0.2, -0.15) is 0 Å². The Morgan fingerprint density at radius 2 is 1.93 bits per heavy atom. The number of carbonyl (C=O) groups excluding carboxylic acids is 1. The molecule has 5 unspecified atom stereocenters. The number of nitrogens with zero attached hydrogens (tertiary/aromatic N) is 2. The zero-order valence-corrected chi connectivity index (χ0v) is 18.7. The first-order chi connectivity index (χ1) is 14.5. The van der Waals surface area contributed by atoms with Crippen molar-refractivity contribution in [2.45, 2.75) is 63.6 Å². The van der Waals surface area contributed by atoms with Gasteiger partial charge >= 0.3 is 0 Å². The molecule has 172 valence electrons. The van der Waals surface area contributed by atoms with Crippen molar-refractivity contribution in [3.8, 4) is 0 Å². The summed E-state index contributed by atoms with van der Waals surface area (Å²) >= 11 is 0. The van der Waals surface area contributed by atoms with Gasteiger partial charge in [-0.3, -0.25) is 15.5 Å². The molecule has 5 N–H and O–H groups in total. The Morgan fingerprint density at radius 3 is 2.53 bits per heavy atom. The van der Waals surface area contributed by atoms with Crippen LogP contribution in [0.1, 0.15) is 33.1 Å². The number of amides is 1. The van der Waals surface area contributed by atoms with E-state index in [1.165, 1.54) is 0 Å². The molecule has 4 fully saturated rings. The van der Waals surface area contributed by atoms with E-state index >= 15 is 0 Å². The lowest BCUT2D eigenvalue weighted by Crippen LogP contribution is -2.62. The maximum absolute atomic E-state index is 12.2. The number of ether oxygens (including phenoxy) is 2. The summed E-state index contributed by atoms with van der Waals surface area (Å²) in [6.07, 6.45) is 2.75. The monoisotopic (exact) mass is 424 g/mol. The van der Waals surface area contributed by atoms with E-state index in [-0.39, 0.29) is 24.2 Å². The molecule has 0 spiro atoms. The summed E-state index contributed by atoms with van der Waals surface area (Å²) in [5.74, 6) is 1.03. The third-order valence-electron chi connectivity index (χ3n) is 7.41. The highest BCUT2D eigenvalue weighted by Gasteiger charge is 2.45. The molecule has 0 aliphatic carbocycles. The first-order valence-electron chi connectivity index (χ1n) is 11.6. The van der Waals surface area contributed by atoms with E-state index in [4.69, 9.17) is 15.2 Å². The molecule has 5 atom stereocenters. The number of rotatable bonds is 7. The zero-order valence-electron chi connectivity index (χ0n) is 18.7. The third-order valence-corrected chi connectivity index (χ3v) is 7.41. The second kappa shape index (κ2) is 9.77. The van der Waals surface area contributed by atoms with Crippen molar-refractivity contribution in [1.82, 2.24) is 26.0 Å². The summed E-state index contributed by atoms with van der Waals surface area (Å²) in [4.78, 5) is 14.2. The van der Waals surface area contributed by atoms with Crippen molar-refractivity contribution in [1.29, 1.82) is 0 Å². The van der Waals surface area contributed by atoms with Crippen LogP contribution in [0, 0.1) is 17.8 Å². The topological polar surface area (TPSA) is 104 Å². The fraction of sp³-hybridized carbons (Fsp3) is 0.952. The van der Waals surface area contributed by atoms with Crippen LogP contribution in [0.4, 0.5) is 0 Å². The van der Waals surface area contributed by atoms with Gasteiger partial charge in [0, 0.05) is 57.2 Å². The Kier molecular flexibility index (Phi) is 7.29. The van der Waals surface area contributed by atoms with Crippen LogP contribution >= 0.6 is 0 Å². The lowest BCUT2D eigenvalue weighted by atomic mass is 9.88. The van der Waals surface area contributed by atoms with Gasteiger partial charge in [-0.1, -0.05) is 13.8 Å². The van der Waals surface area contributed by atoms with Crippen LogP contribution in [0.5, 0.6) is 0 Å². The van der Waals surface area contributed by atoms with Crippen LogP contribution in [-0.2, 0) is 14.3 Å². The summed E-state index contributed by atoms with van der Waals surface area (Å²) in [5.41, 5.74) is 10.1. The number of piperidine rings is 2. The standard InChI is InChI=1S/C21H40N6O3/c1-13(2)21(28)26-6-4-14(5-7-26)19(22)25-20(29-3)15-8-18-17(23-9-15)10-24-27(18)16-11-30-12-16/h13-20,23-25H,4-12,22H2,1-3H3. The molecule has 4 heterocycles. The first-order valence-corrected chi connectivity index (χ1v) is 11.6. The van der Waals surface area contributed by atoms with Gasteiger partial charge in [0.25, 0.3) is 0 Å². The van der Waals surface area contributed by atoms with Gasteiger partial charge in [0.2, 0.25) is 5.91 Å². The quantitative estimate of drug-likeness (QED) is 0.398. The minimum atomic E-state index is -0.123. The largest absolute Gasteiger partial charge is 0.378 e. The number of likely N-dealkylation sites (tertiary alicyclic amines) is 1. The molecule has 0 aromatic rings. The third kappa shape index (κ3) is 4.67. The molecule has 9 nitrogen and oxygen atoms in total. The average molecular weight is 425 g/mol. The van der Waals surface area contributed by atoms with Gasteiger partial charge in [-0.25, -0.2) is 5.01 Å². The Balaban J connectivity index is 1.28. The van der Waals surface area contributed by atoms with Crippen molar-refractivity contribution in [3.05, 3.63) is 0 Å². The molecule has 4 aliphatic heterocycles. The minimum absolute atomic E-state index is 0.0602. The summed E-state index contributed by atoms with van der Waals surface area (Å²) < 4.78 is 11.3. The number of carbonyl (C=O) groups is 1. The first kappa shape index (κ1) is 22.4. The molecular weight excluding hydrogens is 384 g/mol. The molecule has 1 amide bonds. The van der Waals surface area contributed by atoms with Crippen molar-refractivity contribution in [3.63, 3.8) is 0 Å². The molecule has 9 heteroatoms. The fourth-order valence-electron chi connectivity index (χ4n) is 5.41. The van der Waals surface area contributed by atoms with Gasteiger partial charge in [-0.15, -0.1) is 0 Å². The molecule has 0 saturated carbocycles. The molecular formula is C21H40N6O3. The Hall–Kier alpha value is -0.810. The smallest absolute Gasteiger partial charge is 0.225 e. The highest BCUT2D eigenvalue weighted by atomic mass is 16.5. The van der Waals surface area contributed by atoms with E-state index in [0.717, 1.165) is 58.7 Å². The highest BCUT2D eigenvalue weighted by Crippen LogP contribution is 2.29. The van der Waals surface area contributed by atoms with E-state index in [9.17, 15) is 4.79 Å². The van der Waals surface area contributed by atoms with Gasteiger partial charge in [0.15, 0.2) is 0 Å². The number of methoxy groups -OCH3 is 1. The minimum Gasteiger partial charge on any atom is -0.378 e. The predicted octanol–water partition coefficient (Wildman–Crippen LogP) is -0.706. The van der Waals surface area contributed by atoms with Crippen molar-refractivity contribution < 1.29 is 14.3 Å². The fourth-order valence-corrected chi connectivity index (χ4v) is 5.41. The number of hydrazine groups is 1. The number of hydrogen-bond donors (Lipinski definition) is 4. The van der Waals surface area contributed by atoms with E-state index in [1.807, 2.05) is 18.7 Å². The van der Waals surface area contributed by atoms with Crippen LogP contribution in [0.25, 0.3) is 0 Å². The normalized spacial score (nSPS) is 33.4. The number of nitrogens with one attached hydrogen (secondary N) is 3. The second-order valence-corrected chi connectivity index (χ2v) is 9.70. The van der Waals surface area contributed by atoms with Crippen LogP contribution in [0.15, 0.2) is 0 Å². The molecule has 30 heavy (non-hydrogen) atoms. The van der Waals surface area contributed by atoms with Gasteiger partial charge in [-0.05, 0) is 25.2 Å². The molecule has 4 saturated heterocycles. The molecule has 0 aromatic heterocycles. The summed E-state index contributed by atoms with van der Waals surface area (Å²) in [6.45, 7) is 9.06. The molecule has 4 aliphatic rings. The average Bonchev–Trinajstić information content (AvgIpc) is 3.13. The summed E-state index contributed by atoms with van der Waals surface area (Å²) in [7, 11) is 1.77. The van der Waals surface area contributed by atoms with E-state index < -0.39 is 0 Å². The number of fused-ring (bicyclic) bond motifs is 1. The van der Waals surface area contributed by atoms with Crippen LogP contribution in [0.3, 0.4) is 0 Å². The maximum atomic E-state index is 12.2. The number of hydrogen-bond acceptors (Lipinski definition) is 8. The second-order valence-electron chi connectivity index (χ2n) is 9.70. The van der Waals surface area contributed by atoms with Crippen LogP contribution in [-0.4, -0.2) is 92.8 Å². The predicted molar refractivity (Wildman–Crippen MR) is 114 cm³/mol. The lowest BCUT2D eigenvalue weighted by molar-refractivity contribution is -0.136. The SMILES string of the molecule is COC(NC(N)C1CCN(C(=O)C(C)C)CC1)C1CNC2CNN(C3COC3)C2C1. The zero-order chi connectivity index (χ0) is 21.3. The van der Waals surface area contributed by atoms with Crippen LogP contribution in [0.2, 0.25) is 0 Å². The van der Waals surface area contributed by atoms with Gasteiger partial charge in [0.1, 0.15) is 6.23 Å². The molecule has 0 aromatic carbocycles. The van der Waals surface area contributed by atoms with E-state index in [0.29, 0.717) is 30.0 Å². The van der Waals surface area contributed by atoms with Crippen LogP contribution < -0.4 is 21.8 Å². The molecule has 4 rings (SSSR count). The highest BCUT2D eigenvalue weighted by molar-refractivity contribution is 5.78. The van der Waals surface area contributed by atoms with Gasteiger partial charge in [0.05, 0.1) is 25.4 Å². The summed E-state index contributed by atoms with van der Waals surface area (Å²) in [5, 5.41) is 9.69. The van der Waals surface area contributed by atoms with Gasteiger partial charge < -0.3 is 25.4 Å². The maximum Gasteiger partial charge on any atom is 0.225 e. The molecule has 0 radical (unpaired) electrons. The van der Waals surface area contributed by atoms with E-state index in [2.05, 4.69) is 21.1 Å².